The lowest BCUT2D eigenvalue weighted by Gasteiger charge is -2.66. The van der Waals surface area contributed by atoms with Gasteiger partial charge in [0.2, 0.25) is 23.6 Å². The third kappa shape index (κ3) is 4.01. The number of aromatic nitrogens is 4. The minimum Gasteiger partial charge on any atom is -0.420 e. The summed E-state index contributed by atoms with van der Waals surface area (Å²) in [5, 5.41) is 12.9. The molecule has 0 radical (unpaired) electrons. The van der Waals surface area contributed by atoms with Crippen LogP contribution in [0.2, 0.25) is 0 Å². The monoisotopic (exact) mass is 557 g/mol. The van der Waals surface area contributed by atoms with Crippen molar-refractivity contribution in [3.05, 3.63) is 41.9 Å². The summed E-state index contributed by atoms with van der Waals surface area (Å²) in [5.41, 5.74) is 0.580. The van der Waals surface area contributed by atoms with Crippen molar-refractivity contribution in [2.45, 2.75) is 113 Å². The second kappa shape index (κ2) is 8.26. The van der Waals surface area contributed by atoms with Crippen LogP contribution in [-0.2, 0) is 10.2 Å². The number of alkyl halides is 1. The fraction of sp³-hybridized carbons (Fsp3) is 0.656. The van der Waals surface area contributed by atoms with E-state index in [2.05, 4.69) is 15.4 Å². The van der Waals surface area contributed by atoms with Crippen molar-refractivity contribution < 1.29 is 18.1 Å². The van der Waals surface area contributed by atoms with Crippen LogP contribution in [0.25, 0.3) is 11.5 Å². The number of fused-ring (bicyclic) bond motifs is 3. The maximum atomic E-state index is 14.3. The van der Waals surface area contributed by atoms with E-state index in [1.165, 1.54) is 12.8 Å². The molecule has 214 valence electrons. The zero-order chi connectivity index (χ0) is 27.5. The number of anilines is 1. The van der Waals surface area contributed by atoms with E-state index >= 15 is 0 Å². The molecule has 4 bridgehead atoms. The molecule has 0 saturated heterocycles. The first-order valence-electron chi connectivity index (χ1n) is 15.6. The van der Waals surface area contributed by atoms with Crippen molar-refractivity contribution in [1.82, 2.24) is 20.3 Å². The Morgan fingerprint density at radius 3 is 2.37 bits per heavy atom. The highest BCUT2D eigenvalue weighted by Gasteiger charge is 2.69. The van der Waals surface area contributed by atoms with Gasteiger partial charge in [0.25, 0.3) is 0 Å². The Labute approximate surface area is 238 Å². The largest absolute Gasteiger partial charge is 0.420 e. The van der Waals surface area contributed by atoms with E-state index in [1.54, 1.807) is 0 Å². The standard InChI is InChI=1S/C32H36FN5O3/c33-32-16-30(17-32,18-32)15-24(39)38(23-3-1-2-22(14-23)27-36-35-26(40-27)21-6-7-21)19-29-8-11-31(12-9-29,13-10-29)28-34-25(37-41-28)20-4-5-20/h1-3,14,20-21H,4-13,15-19H2. The van der Waals surface area contributed by atoms with Gasteiger partial charge in [-0.15, -0.1) is 10.2 Å². The van der Waals surface area contributed by atoms with E-state index in [9.17, 15) is 9.18 Å². The predicted octanol–water partition coefficient (Wildman–Crippen LogP) is 6.78. The van der Waals surface area contributed by atoms with Crippen molar-refractivity contribution in [2.75, 3.05) is 11.4 Å². The minimum absolute atomic E-state index is 0.0187. The molecular weight excluding hydrogens is 521 g/mol. The first kappa shape index (κ1) is 24.5. The molecule has 0 N–H and O–H groups in total. The van der Waals surface area contributed by atoms with Gasteiger partial charge in [0.05, 0.1) is 0 Å². The normalized spacial score (nSPS) is 35.1. The molecule has 0 aliphatic heterocycles. The highest BCUT2D eigenvalue weighted by atomic mass is 19.1. The van der Waals surface area contributed by atoms with Crippen molar-refractivity contribution >= 4 is 11.6 Å². The van der Waals surface area contributed by atoms with Crippen LogP contribution in [0, 0.1) is 10.8 Å². The van der Waals surface area contributed by atoms with Crippen molar-refractivity contribution in [2.24, 2.45) is 10.8 Å². The second-order valence-electron chi connectivity index (χ2n) is 14.6. The summed E-state index contributed by atoms with van der Waals surface area (Å²) in [6.45, 7) is 0.677. The van der Waals surface area contributed by atoms with Crippen LogP contribution in [0.5, 0.6) is 0 Å². The van der Waals surface area contributed by atoms with Crippen molar-refractivity contribution in [3.8, 4) is 11.5 Å². The maximum absolute atomic E-state index is 14.3. The van der Waals surface area contributed by atoms with Crippen molar-refractivity contribution in [1.29, 1.82) is 0 Å². The number of hydrogen-bond acceptors (Lipinski definition) is 7. The van der Waals surface area contributed by atoms with Gasteiger partial charge in [-0.25, -0.2) is 4.39 Å². The molecule has 8 fully saturated rings. The molecular formula is C32H36FN5O3. The number of benzene rings is 1. The van der Waals surface area contributed by atoms with Crippen LogP contribution < -0.4 is 4.90 Å². The molecule has 9 heteroatoms. The number of nitrogens with zero attached hydrogens (tertiary/aromatic N) is 5. The Balaban J connectivity index is 0.979. The van der Waals surface area contributed by atoms with Crippen molar-refractivity contribution in [3.63, 3.8) is 0 Å². The van der Waals surface area contributed by atoms with Gasteiger partial charge in [0.1, 0.15) is 5.67 Å². The molecule has 8 saturated carbocycles. The topological polar surface area (TPSA) is 98.2 Å². The molecule has 2 aromatic heterocycles. The number of amides is 1. The molecule has 1 aromatic carbocycles. The van der Waals surface area contributed by atoms with E-state index in [0.717, 1.165) is 74.3 Å². The molecule has 3 aromatic rings. The van der Waals surface area contributed by atoms with Gasteiger partial charge in [-0.3, -0.25) is 4.79 Å². The summed E-state index contributed by atoms with van der Waals surface area (Å²) in [5.74, 6) is 3.93. The Hall–Kier alpha value is -3.10. The molecule has 8 aliphatic carbocycles. The molecule has 41 heavy (non-hydrogen) atoms. The van der Waals surface area contributed by atoms with Gasteiger partial charge in [-0.2, -0.15) is 4.98 Å². The molecule has 1 amide bonds. The summed E-state index contributed by atoms with van der Waals surface area (Å²) >= 11 is 0. The quantitative estimate of drug-likeness (QED) is 0.286. The van der Waals surface area contributed by atoms with E-state index < -0.39 is 5.67 Å². The number of hydrogen-bond donors (Lipinski definition) is 0. The van der Waals surface area contributed by atoms with Crippen LogP contribution in [-0.4, -0.2) is 38.5 Å². The molecule has 8 nitrogen and oxygen atoms in total. The maximum Gasteiger partial charge on any atom is 0.247 e. The van der Waals surface area contributed by atoms with E-state index in [1.807, 2.05) is 29.2 Å². The van der Waals surface area contributed by atoms with Gasteiger partial charge >= 0.3 is 0 Å². The van der Waals surface area contributed by atoms with Gasteiger partial charge in [0.15, 0.2) is 5.82 Å². The number of halogens is 1. The molecule has 8 aliphatic rings. The predicted molar refractivity (Wildman–Crippen MR) is 147 cm³/mol. The highest BCUT2D eigenvalue weighted by molar-refractivity contribution is 5.94. The third-order valence-corrected chi connectivity index (χ3v) is 11.4. The number of rotatable bonds is 9. The number of carbonyl (C=O) groups is 1. The molecule has 0 unspecified atom stereocenters. The van der Waals surface area contributed by atoms with E-state index in [-0.39, 0.29) is 22.2 Å². The Bertz CT molecular complexity index is 1490. The highest BCUT2D eigenvalue weighted by Crippen LogP contribution is 2.71. The van der Waals surface area contributed by atoms with Gasteiger partial charge in [0, 0.05) is 41.5 Å². The molecule has 0 atom stereocenters. The van der Waals surface area contributed by atoms with E-state index in [4.69, 9.17) is 13.9 Å². The van der Waals surface area contributed by atoms with Gasteiger partial charge < -0.3 is 13.8 Å². The summed E-state index contributed by atoms with van der Waals surface area (Å²) in [7, 11) is 0. The van der Waals surface area contributed by atoms with Gasteiger partial charge in [-0.05, 0) is 112 Å². The average molecular weight is 558 g/mol. The average Bonchev–Trinajstić information content (AvgIpc) is 3.90. The summed E-state index contributed by atoms with van der Waals surface area (Å²) in [4.78, 5) is 20.9. The molecule has 0 spiro atoms. The summed E-state index contributed by atoms with van der Waals surface area (Å²) in [6, 6.07) is 7.98. The molecule has 2 heterocycles. The van der Waals surface area contributed by atoms with E-state index in [0.29, 0.717) is 55.8 Å². The van der Waals surface area contributed by atoms with Crippen LogP contribution in [0.4, 0.5) is 10.1 Å². The second-order valence-corrected chi connectivity index (χ2v) is 14.6. The Kier molecular flexibility index (Phi) is 4.93. The minimum atomic E-state index is -1.01. The lowest BCUT2D eigenvalue weighted by Crippen LogP contribution is -2.65. The summed E-state index contributed by atoms with van der Waals surface area (Å²) < 4.78 is 26.2. The fourth-order valence-corrected chi connectivity index (χ4v) is 8.56. The van der Waals surface area contributed by atoms with Crippen LogP contribution >= 0.6 is 0 Å². The lowest BCUT2D eigenvalue weighted by atomic mass is 9.41. The Morgan fingerprint density at radius 1 is 0.951 bits per heavy atom. The fourth-order valence-electron chi connectivity index (χ4n) is 8.56. The summed E-state index contributed by atoms with van der Waals surface area (Å²) in [6.07, 6.45) is 12.7. The van der Waals surface area contributed by atoms with Crippen LogP contribution in [0.15, 0.2) is 33.2 Å². The Morgan fingerprint density at radius 2 is 1.68 bits per heavy atom. The number of carbonyl (C=O) groups excluding carboxylic acids is 1. The smallest absolute Gasteiger partial charge is 0.247 e. The molecule has 11 rings (SSSR count). The first-order chi connectivity index (χ1) is 19.8. The van der Waals surface area contributed by atoms with Crippen LogP contribution in [0.3, 0.4) is 0 Å². The van der Waals surface area contributed by atoms with Gasteiger partial charge in [-0.1, -0.05) is 11.2 Å². The first-order valence-corrected chi connectivity index (χ1v) is 15.6. The SMILES string of the molecule is O=C(CC12CC(F)(C1)C2)N(CC12CCC(c3nc(C4CC4)no3)(CC1)CC2)c1cccc(-c2nnc(C3CC3)o2)c1. The lowest BCUT2D eigenvalue weighted by molar-refractivity contribution is -0.215. The third-order valence-electron chi connectivity index (χ3n) is 11.4. The zero-order valence-corrected chi connectivity index (χ0v) is 23.4. The van der Waals surface area contributed by atoms with Crippen LogP contribution in [0.1, 0.15) is 119 Å². The zero-order valence-electron chi connectivity index (χ0n) is 23.4.